The van der Waals surface area contributed by atoms with Crippen molar-refractivity contribution in [1.82, 2.24) is 4.57 Å². The van der Waals surface area contributed by atoms with E-state index < -0.39 is 35.3 Å². The predicted octanol–water partition coefficient (Wildman–Crippen LogP) is 3.59. The number of aryl methyl sites for hydroxylation is 1. The maximum atomic E-state index is 13.6. The van der Waals surface area contributed by atoms with Crippen molar-refractivity contribution in [2.45, 2.75) is 40.3 Å². The van der Waals surface area contributed by atoms with Crippen molar-refractivity contribution in [2.24, 2.45) is 0 Å². The molecule has 0 saturated heterocycles. The zero-order valence-electron chi connectivity index (χ0n) is 14.5. The van der Waals surface area contributed by atoms with Crippen molar-refractivity contribution in [3.63, 3.8) is 0 Å². The summed E-state index contributed by atoms with van der Waals surface area (Å²) in [6.45, 7) is 7.64. The second-order valence-corrected chi connectivity index (χ2v) is 5.66. The fraction of sp³-hybridized carbons (Fsp3) is 0.333. The van der Waals surface area contributed by atoms with E-state index in [9.17, 15) is 18.4 Å². The number of amides is 1. The molecule has 1 aromatic heterocycles. The number of anilines is 1. The van der Waals surface area contributed by atoms with Gasteiger partial charge in [0.15, 0.2) is 6.10 Å². The molecule has 0 fully saturated rings. The Hall–Kier alpha value is -2.70. The van der Waals surface area contributed by atoms with E-state index in [-0.39, 0.29) is 0 Å². The molecule has 0 aliphatic carbocycles. The number of nitrogens with one attached hydrogen (secondary N) is 1. The van der Waals surface area contributed by atoms with E-state index >= 15 is 0 Å². The van der Waals surface area contributed by atoms with Crippen LogP contribution in [-0.4, -0.2) is 22.5 Å². The van der Waals surface area contributed by atoms with Crippen LogP contribution >= 0.6 is 0 Å². The lowest BCUT2D eigenvalue weighted by atomic mass is 10.2. The van der Waals surface area contributed by atoms with Crippen molar-refractivity contribution >= 4 is 17.6 Å². The van der Waals surface area contributed by atoms with Gasteiger partial charge in [0, 0.05) is 17.9 Å². The largest absolute Gasteiger partial charge is 0.449 e. The highest BCUT2D eigenvalue weighted by Crippen LogP contribution is 2.20. The number of esters is 1. The molecule has 0 saturated carbocycles. The van der Waals surface area contributed by atoms with E-state index in [1.54, 1.807) is 13.0 Å². The monoisotopic (exact) mass is 350 g/mol. The first-order valence-electron chi connectivity index (χ1n) is 7.88. The molecule has 1 heterocycles. The Morgan fingerprint density at radius 1 is 1.24 bits per heavy atom. The van der Waals surface area contributed by atoms with Crippen LogP contribution in [0.15, 0.2) is 24.3 Å². The first-order chi connectivity index (χ1) is 11.8. The minimum atomic E-state index is -1.21. The number of hydrogen-bond donors (Lipinski definition) is 1. The highest BCUT2D eigenvalue weighted by molar-refractivity contribution is 5.98. The molecule has 25 heavy (non-hydrogen) atoms. The van der Waals surface area contributed by atoms with E-state index in [1.807, 2.05) is 18.4 Å². The second-order valence-electron chi connectivity index (χ2n) is 5.66. The van der Waals surface area contributed by atoms with Crippen LogP contribution < -0.4 is 5.32 Å². The third-order valence-electron chi connectivity index (χ3n) is 3.97. The lowest BCUT2D eigenvalue weighted by molar-refractivity contribution is -0.123. The average molecular weight is 350 g/mol. The predicted molar refractivity (Wildman–Crippen MR) is 89.4 cm³/mol. The summed E-state index contributed by atoms with van der Waals surface area (Å²) < 4.78 is 34.2. The number of nitrogens with zero attached hydrogens (tertiary/aromatic N) is 1. The fourth-order valence-electron chi connectivity index (χ4n) is 2.61. The van der Waals surface area contributed by atoms with Crippen molar-refractivity contribution in [2.75, 3.05) is 5.32 Å². The van der Waals surface area contributed by atoms with Crippen molar-refractivity contribution < 1.29 is 23.1 Å². The summed E-state index contributed by atoms with van der Waals surface area (Å²) in [4.78, 5) is 24.4. The minimum absolute atomic E-state index is 0.357. The molecule has 0 aliphatic rings. The number of ether oxygens (including phenoxy) is 1. The van der Waals surface area contributed by atoms with Crippen molar-refractivity contribution in [1.29, 1.82) is 0 Å². The van der Waals surface area contributed by atoms with Gasteiger partial charge < -0.3 is 14.6 Å². The van der Waals surface area contributed by atoms with Gasteiger partial charge in [0.25, 0.3) is 5.91 Å². The van der Waals surface area contributed by atoms with Crippen molar-refractivity contribution in [3.05, 3.63) is 52.9 Å². The first kappa shape index (κ1) is 18.6. The Labute approximate surface area is 144 Å². The fourth-order valence-corrected chi connectivity index (χ4v) is 2.61. The van der Waals surface area contributed by atoms with Crippen LogP contribution in [0, 0.1) is 25.5 Å². The third kappa shape index (κ3) is 3.87. The molecule has 1 aromatic carbocycles. The van der Waals surface area contributed by atoms with Crippen molar-refractivity contribution in [3.8, 4) is 0 Å². The zero-order valence-corrected chi connectivity index (χ0v) is 14.5. The van der Waals surface area contributed by atoms with Crippen LogP contribution in [0.3, 0.4) is 0 Å². The molecule has 1 N–H and O–H groups in total. The zero-order chi connectivity index (χ0) is 18.7. The quantitative estimate of drug-likeness (QED) is 0.839. The second kappa shape index (κ2) is 7.46. The molecule has 0 bridgehead atoms. The topological polar surface area (TPSA) is 60.3 Å². The minimum Gasteiger partial charge on any atom is -0.449 e. The molecule has 134 valence electrons. The van der Waals surface area contributed by atoms with E-state index in [1.165, 1.54) is 13.0 Å². The number of hydrogen-bond acceptors (Lipinski definition) is 3. The van der Waals surface area contributed by atoms with Gasteiger partial charge in [-0.15, -0.1) is 0 Å². The van der Waals surface area contributed by atoms with Crippen LogP contribution in [0.25, 0.3) is 0 Å². The van der Waals surface area contributed by atoms with Crippen LogP contribution in [0.4, 0.5) is 14.5 Å². The van der Waals surface area contributed by atoms with Gasteiger partial charge in [0.1, 0.15) is 17.3 Å². The number of halogens is 2. The Bertz CT molecular complexity index is 795. The molecular weight excluding hydrogens is 330 g/mol. The molecule has 2 aromatic rings. The number of carbonyl (C=O) groups excluding carboxylic acids is 2. The molecule has 0 spiro atoms. The molecule has 1 atom stereocenters. The van der Waals surface area contributed by atoms with Crippen LogP contribution in [0.1, 0.15) is 35.6 Å². The van der Waals surface area contributed by atoms with E-state index in [4.69, 9.17) is 4.74 Å². The van der Waals surface area contributed by atoms with E-state index in [2.05, 4.69) is 5.32 Å². The SMILES string of the molecule is CCn1c(C)cc(C(=O)O[C@@H](C)C(=O)Nc2c(F)cccc2F)c1C. The van der Waals surface area contributed by atoms with Gasteiger partial charge in [-0.1, -0.05) is 6.07 Å². The van der Waals surface area contributed by atoms with Gasteiger partial charge in [0.05, 0.1) is 5.56 Å². The van der Waals surface area contributed by atoms with E-state index in [0.717, 1.165) is 23.5 Å². The van der Waals surface area contributed by atoms with Gasteiger partial charge in [0.2, 0.25) is 0 Å². The molecule has 5 nitrogen and oxygen atoms in total. The first-order valence-corrected chi connectivity index (χ1v) is 7.88. The Morgan fingerprint density at radius 3 is 2.36 bits per heavy atom. The molecular formula is C18H20F2N2O3. The van der Waals surface area contributed by atoms with Gasteiger partial charge in [-0.25, -0.2) is 13.6 Å². The highest BCUT2D eigenvalue weighted by atomic mass is 19.1. The summed E-state index contributed by atoms with van der Waals surface area (Å²) in [7, 11) is 0. The summed E-state index contributed by atoms with van der Waals surface area (Å²) in [6, 6.07) is 4.92. The molecule has 0 radical (unpaired) electrons. The van der Waals surface area contributed by atoms with Gasteiger partial charge >= 0.3 is 5.97 Å². The molecule has 0 unspecified atom stereocenters. The van der Waals surface area contributed by atoms with Crippen LogP contribution in [-0.2, 0) is 16.1 Å². The summed E-state index contributed by atoms with van der Waals surface area (Å²) in [5, 5.41) is 2.11. The molecule has 2 rings (SSSR count). The molecule has 0 aliphatic heterocycles. The average Bonchev–Trinajstić information content (AvgIpc) is 2.84. The number of rotatable bonds is 5. The third-order valence-corrected chi connectivity index (χ3v) is 3.97. The lowest BCUT2D eigenvalue weighted by Gasteiger charge is -2.14. The summed E-state index contributed by atoms with van der Waals surface area (Å²) in [5.74, 6) is -3.29. The highest BCUT2D eigenvalue weighted by Gasteiger charge is 2.23. The maximum Gasteiger partial charge on any atom is 0.340 e. The Balaban J connectivity index is 2.10. The lowest BCUT2D eigenvalue weighted by Crippen LogP contribution is -2.30. The van der Waals surface area contributed by atoms with Crippen LogP contribution in [0.5, 0.6) is 0 Å². The number of para-hydroxylation sites is 1. The van der Waals surface area contributed by atoms with Crippen LogP contribution in [0.2, 0.25) is 0 Å². The Morgan fingerprint density at radius 2 is 1.84 bits per heavy atom. The smallest absolute Gasteiger partial charge is 0.340 e. The molecule has 1 amide bonds. The number of benzene rings is 1. The molecule has 7 heteroatoms. The summed E-state index contributed by atoms with van der Waals surface area (Å²) in [5.41, 5.74) is 1.42. The van der Waals surface area contributed by atoms with E-state index in [0.29, 0.717) is 12.1 Å². The summed E-state index contributed by atoms with van der Waals surface area (Å²) >= 11 is 0. The van der Waals surface area contributed by atoms with Gasteiger partial charge in [-0.2, -0.15) is 0 Å². The number of aromatic nitrogens is 1. The summed E-state index contributed by atoms with van der Waals surface area (Å²) in [6.07, 6.45) is -1.21. The van der Waals surface area contributed by atoms with Gasteiger partial charge in [-0.3, -0.25) is 4.79 Å². The standard InChI is InChI=1S/C18H20F2N2O3/c1-5-22-10(2)9-13(11(22)3)18(24)25-12(4)17(23)21-16-14(19)7-6-8-15(16)20/h6-9,12H,5H2,1-4H3,(H,21,23)/t12-/m0/s1. The van der Waals surface area contributed by atoms with Gasteiger partial charge in [-0.05, 0) is 45.9 Å². The Kier molecular flexibility index (Phi) is 5.56. The number of carbonyl (C=O) groups is 2. The maximum absolute atomic E-state index is 13.6. The normalized spacial score (nSPS) is 11.9.